The highest BCUT2D eigenvalue weighted by Crippen LogP contribution is 2.18. The summed E-state index contributed by atoms with van der Waals surface area (Å²) < 4.78 is 6.29. The summed E-state index contributed by atoms with van der Waals surface area (Å²) in [5.74, 6) is 0.737. The Kier molecular flexibility index (Phi) is 2.74. The van der Waals surface area contributed by atoms with Gasteiger partial charge in [-0.3, -0.25) is 9.25 Å². The van der Waals surface area contributed by atoms with Crippen molar-refractivity contribution in [1.82, 2.24) is 34.1 Å². The van der Waals surface area contributed by atoms with E-state index in [-0.39, 0.29) is 0 Å². The van der Waals surface area contributed by atoms with Crippen molar-refractivity contribution < 1.29 is 0 Å². The molecule has 0 saturated carbocycles. The van der Waals surface area contributed by atoms with Crippen molar-refractivity contribution in [3.8, 4) is 0 Å². The average molecular weight is 277 g/mol. The fourth-order valence-electron chi connectivity index (χ4n) is 2.23. The first-order valence-electron chi connectivity index (χ1n) is 6.10. The third-order valence-electron chi connectivity index (χ3n) is 3.08. The number of imidazole rings is 1. The molecule has 0 spiro atoms. The van der Waals surface area contributed by atoms with Gasteiger partial charge in [-0.15, -0.1) is 0 Å². The van der Waals surface area contributed by atoms with Crippen LogP contribution in [0.4, 0.5) is 0 Å². The highest BCUT2D eigenvalue weighted by Gasteiger charge is 2.15. The van der Waals surface area contributed by atoms with Crippen LogP contribution < -0.4 is 0 Å². The van der Waals surface area contributed by atoms with Crippen molar-refractivity contribution in [3.05, 3.63) is 22.6 Å². The molecule has 3 aromatic rings. The Hall–Kier alpha value is -1.96. The van der Waals surface area contributed by atoms with Crippen molar-refractivity contribution in [2.75, 3.05) is 0 Å². The van der Waals surface area contributed by atoms with Crippen molar-refractivity contribution in [1.29, 1.82) is 0 Å². The smallest absolute Gasteiger partial charge is 0.179 e. The molecule has 0 radical (unpaired) electrons. The molecule has 3 rings (SSSR count). The van der Waals surface area contributed by atoms with E-state index >= 15 is 0 Å². The molecule has 0 amide bonds. The van der Waals surface area contributed by atoms with Crippen LogP contribution >= 0.6 is 12.2 Å². The molecule has 0 unspecified atom stereocenters. The Bertz CT molecular complexity index is 788. The highest BCUT2D eigenvalue weighted by atomic mass is 32.1. The molecule has 100 valence electrons. The van der Waals surface area contributed by atoms with E-state index in [9.17, 15) is 0 Å². The van der Waals surface area contributed by atoms with Gasteiger partial charge in [0.05, 0.1) is 12.2 Å². The third kappa shape index (κ3) is 1.88. The lowest BCUT2D eigenvalue weighted by molar-refractivity contribution is 0.633. The number of rotatable bonds is 3. The standard InChI is InChI=1S/C11H15N7S/c1-4-18-10-9(7(2)14-18)13-11(19)17(10)5-8-12-6-16(3)15-8/h6H,4-5H2,1-3H3,(H,13,19). The predicted octanol–water partition coefficient (Wildman–Crippen LogP) is 1.40. The Labute approximate surface area is 114 Å². The zero-order valence-electron chi connectivity index (χ0n) is 11.1. The molecule has 1 N–H and O–H groups in total. The van der Waals surface area contributed by atoms with Gasteiger partial charge in [0.1, 0.15) is 11.8 Å². The fraction of sp³-hybridized carbons (Fsp3) is 0.455. The van der Waals surface area contributed by atoms with Gasteiger partial charge in [0.2, 0.25) is 0 Å². The second-order valence-corrected chi connectivity index (χ2v) is 4.84. The summed E-state index contributed by atoms with van der Waals surface area (Å²) >= 11 is 5.38. The van der Waals surface area contributed by atoms with E-state index in [1.165, 1.54) is 0 Å². The van der Waals surface area contributed by atoms with Gasteiger partial charge in [-0.1, -0.05) is 0 Å². The highest BCUT2D eigenvalue weighted by molar-refractivity contribution is 7.71. The minimum atomic E-state index is 0.546. The maximum absolute atomic E-state index is 5.38. The van der Waals surface area contributed by atoms with Gasteiger partial charge in [-0.2, -0.15) is 10.2 Å². The van der Waals surface area contributed by atoms with E-state index in [0.717, 1.165) is 29.2 Å². The SMILES string of the molecule is CCn1nc(C)c2[nH]c(=S)n(Cc3ncn(C)n3)c21. The van der Waals surface area contributed by atoms with Crippen molar-refractivity contribution in [2.24, 2.45) is 7.05 Å². The first kappa shape index (κ1) is 12.1. The van der Waals surface area contributed by atoms with Crippen LogP contribution in [-0.4, -0.2) is 34.1 Å². The molecule has 3 heterocycles. The lowest BCUT2D eigenvalue weighted by Crippen LogP contribution is -2.07. The van der Waals surface area contributed by atoms with Gasteiger partial charge < -0.3 is 4.98 Å². The molecule has 0 bridgehead atoms. The number of nitrogens with one attached hydrogen (secondary N) is 1. The quantitative estimate of drug-likeness (QED) is 0.735. The summed E-state index contributed by atoms with van der Waals surface area (Å²) in [6.07, 6.45) is 1.69. The molecule has 0 aliphatic carbocycles. The van der Waals surface area contributed by atoms with E-state index in [4.69, 9.17) is 12.2 Å². The topological polar surface area (TPSA) is 69.2 Å². The van der Waals surface area contributed by atoms with Crippen LogP contribution in [0.15, 0.2) is 6.33 Å². The monoisotopic (exact) mass is 277 g/mol. The molecular formula is C11H15N7S. The van der Waals surface area contributed by atoms with Crippen LogP contribution in [0.5, 0.6) is 0 Å². The number of fused-ring (bicyclic) bond motifs is 1. The van der Waals surface area contributed by atoms with Crippen LogP contribution in [0.25, 0.3) is 11.2 Å². The zero-order chi connectivity index (χ0) is 13.6. The van der Waals surface area contributed by atoms with E-state index in [1.807, 2.05) is 23.2 Å². The van der Waals surface area contributed by atoms with Crippen LogP contribution in [0, 0.1) is 11.7 Å². The molecule has 7 nitrogen and oxygen atoms in total. The summed E-state index contributed by atoms with van der Waals surface area (Å²) in [5, 5.41) is 8.78. The molecule has 0 fully saturated rings. The van der Waals surface area contributed by atoms with Crippen molar-refractivity contribution in [2.45, 2.75) is 26.9 Å². The molecule has 0 aliphatic heterocycles. The van der Waals surface area contributed by atoms with Crippen LogP contribution in [-0.2, 0) is 20.1 Å². The first-order chi connectivity index (χ1) is 9.10. The molecule has 3 aromatic heterocycles. The lowest BCUT2D eigenvalue weighted by atomic mass is 10.4. The van der Waals surface area contributed by atoms with Crippen LogP contribution in [0.3, 0.4) is 0 Å². The second-order valence-electron chi connectivity index (χ2n) is 4.45. The van der Waals surface area contributed by atoms with Gasteiger partial charge >= 0.3 is 0 Å². The largest absolute Gasteiger partial charge is 0.328 e. The zero-order valence-corrected chi connectivity index (χ0v) is 11.9. The number of aryl methyl sites for hydroxylation is 3. The third-order valence-corrected chi connectivity index (χ3v) is 3.40. The number of hydrogen-bond donors (Lipinski definition) is 1. The van der Waals surface area contributed by atoms with E-state index < -0.39 is 0 Å². The molecule has 19 heavy (non-hydrogen) atoms. The van der Waals surface area contributed by atoms with Gasteiger partial charge in [0.15, 0.2) is 16.2 Å². The molecule has 0 aromatic carbocycles. The maximum Gasteiger partial charge on any atom is 0.179 e. The second kappa shape index (κ2) is 4.30. The van der Waals surface area contributed by atoms with E-state index in [0.29, 0.717) is 11.3 Å². The Morgan fingerprint density at radius 2 is 2.16 bits per heavy atom. The normalized spacial score (nSPS) is 11.5. The minimum absolute atomic E-state index is 0.546. The first-order valence-corrected chi connectivity index (χ1v) is 6.51. The molecule has 0 aliphatic rings. The summed E-state index contributed by atoms with van der Waals surface area (Å²) in [4.78, 5) is 7.45. The number of nitrogens with zero attached hydrogens (tertiary/aromatic N) is 6. The number of aromatic amines is 1. The maximum atomic E-state index is 5.38. The van der Waals surface area contributed by atoms with Gasteiger partial charge in [0.25, 0.3) is 0 Å². The Morgan fingerprint density at radius 3 is 2.79 bits per heavy atom. The fourth-order valence-corrected chi connectivity index (χ4v) is 2.48. The van der Waals surface area contributed by atoms with Crippen LogP contribution in [0.2, 0.25) is 0 Å². The van der Waals surface area contributed by atoms with Gasteiger partial charge in [0, 0.05) is 13.6 Å². The summed E-state index contributed by atoms with van der Waals surface area (Å²) in [7, 11) is 1.85. The Morgan fingerprint density at radius 1 is 1.37 bits per heavy atom. The van der Waals surface area contributed by atoms with Crippen molar-refractivity contribution in [3.63, 3.8) is 0 Å². The molecule has 0 saturated heterocycles. The Balaban J connectivity index is 2.17. The number of hydrogen-bond acceptors (Lipinski definition) is 4. The van der Waals surface area contributed by atoms with Crippen molar-refractivity contribution >= 4 is 23.4 Å². The average Bonchev–Trinajstić information content (AvgIpc) is 3.00. The summed E-state index contributed by atoms with van der Waals surface area (Å²) in [6, 6.07) is 0. The van der Waals surface area contributed by atoms with Gasteiger partial charge in [-0.05, 0) is 26.1 Å². The summed E-state index contributed by atoms with van der Waals surface area (Å²) in [6.45, 7) is 5.38. The molecule has 8 heteroatoms. The van der Waals surface area contributed by atoms with E-state index in [2.05, 4.69) is 27.1 Å². The number of H-pyrrole nitrogens is 1. The number of aromatic nitrogens is 7. The summed E-state index contributed by atoms with van der Waals surface area (Å²) in [5.41, 5.74) is 2.94. The van der Waals surface area contributed by atoms with Gasteiger partial charge in [-0.25, -0.2) is 9.67 Å². The predicted molar refractivity (Wildman–Crippen MR) is 73.4 cm³/mol. The van der Waals surface area contributed by atoms with E-state index in [1.54, 1.807) is 11.0 Å². The minimum Gasteiger partial charge on any atom is -0.328 e. The molecular weight excluding hydrogens is 262 g/mol. The lowest BCUT2D eigenvalue weighted by Gasteiger charge is -2.03. The molecule has 0 atom stereocenters. The van der Waals surface area contributed by atoms with Crippen LogP contribution in [0.1, 0.15) is 18.4 Å².